The van der Waals surface area contributed by atoms with Crippen molar-refractivity contribution in [2.75, 3.05) is 14.2 Å². The number of methoxy groups -OCH3 is 2. The van der Waals surface area contributed by atoms with Crippen LogP contribution in [0.25, 0.3) is 0 Å². The van der Waals surface area contributed by atoms with Crippen LogP contribution in [0, 0.1) is 0 Å². The van der Waals surface area contributed by atoms with Gasteiger partial charge in [0.1, 0.15) is 17.2 Å². The molecule has 0 saturated heterocycles. The molecule has 0 bridgehead atoms. The standard InChI is InChI=1S/C16H18ClNO3/c1-20-14-5-3-11(16(8-14)21-2)9-18-10-12-7-13(17)4-6-15(12)19/h3-8,18-19H,9-10H2,1-2H3. The largest absolute Gasteiger partial charge is 0.508 e. The fraction of sp³-hybridized carbons (Fsp3) is 0.250. The van der Waals surface area contributed by atoms with E-state index < -0.39 is 0 Å². The van der Waals surface area contributed by atoms with Crippen LogP contribution in [0.5, 0.6) is 17.2 Å². The van der Waals surface area contributed by atoms with Gasteiger partial charge in [-0.2, -0.15) is 0 Å². The summed E-state index contributed by atoms with van der Waals surface area (Å²) in [5, 5.41) is 13.6. The van der Waals surface area contributed by atoms with Gasteiger partial charge in [0.2, 0.25) is 0 Å². The molecule has 0 saturated carbocycles. The summed E-state index contributed by atoms with van der Waals surface area (Å²) in [5.41, 5.74) is 1.77. The number of ether oxygens (including phenoxy) is 2. The minimum absolute atomic E-state index is 0.230. The first kappa shape index (κ1) is 15.5. The van der Waals surface area contributed by atoms with Crippen LogP contribution >= 0.6 is 11.6 Å². The Balaban J connectivity index is 2.01. The van der Waals surface area contributed by atoms with Crippen molar-refractivity contribution in [2.24, 2.45) is 0 Å². The number of benzene rings is 2. The second kappa shape index (κ2) is 7.20. The van der Waals surface area contributed by atoms with Crippen LogP contribution in [-0.2, 0) is 13.1 Å². The van der Waals surface area contributed by atoms with Crippen LogP contribution in [0.1, 0.15) is 11.1 Å². The molecule has 0 unspecified atom stereocenters. The Labute approximate surface area is 129 Å². The highest BCUT2D eigenvalue weighted by Gasteiger charge is 2.06. The third-order valence-electron chi connectivity index (χ3n) is 3.17. The number of phenols is 1. The van der Waals surface area contributed by atoms with Crippen molar-refractivity contribution in [1.29, 1.82) is 0 Å². The number of halogens is 1. The number of rotatable bonds is 6. The molecule has 0 aliphatic heterocycles. The van der Waals surface area contributed by atoms with E-state index in [9.17, 15) is 5.11 Å². The first-order chi connectivity index (χ1) is 10.1. The van der Waals surface area contributed by atoms with Crippen molar-refractivity contribution < 1.29 is 14.6 Å². The zero-order valence-corrected chi connectivity index (χ0v) is 12.8. The van der Waals surface area contributed by atoms with E-state index in [1.807, 2.05) is 18.2 Å². The molecule has 2 aromatic rings. The van der Waals surface area contributed by atoms with E-state index in [0.717, 1.165) is 22.6 Å². The SMILES string of the molecule is COc1ccc(CNCc2cc(Cl)ccc2O)c(OC)c1. The third kappa shape index (κ3) is 4.03. The Hall–Kier alpha value is -1.91. The van der Waals surface area contributed by atoms with Gasteiger partial charge in [0.05, 0.1) is 14.2 Å². The number of hydrogen-bond acceptors (Lipinski definition) is 4. The molecular weight excluding hydrogens is 290 g/mol. The molecule has 0 spiro atoms. The fourth-order valence-electron chi connectivity index (χ4n) is 2.03. The van der Waals surface area contributed by atoms with Crippen LogP contribution in [0.3, 0.4) is 0 Å². The summed E-state index contributed by atoms with van der Waals surface area (Å²) in [4.78, 5) is 0. The zero-order chi connectivity index (χ0) is 15.2. The van der Waals surface area contributed by atoms with Gasteiger partial charge < -0.3 is 19.9 Å². The van der Waals surface area contributed by atoms with Gasteiger partial charge >= 0.3 is 0 Å². The van der Waals surface area contributed by atoms with E-state index in [2.05, 4.69) is 5.32 Å². The van der Waals surface area contributed by atoms with Crippen molar-refractivity contribution in [3.63, 3.8) is 0 Å². The predicted octanol–water partition coefficient (Wildman–Crippen LogP) is 3.35. The maximum Gasteiger partial charge on any atom is 0.127 e. The Morgan fingerprint density at radius 3 is 2.48 bits per heavy atom. The van der Waals surface area contributed by atoms with Gasteiger partial charge in [-0.05, 0) is 24.3 Å². The topological polar surface area (TPSA) is 50.7 Å². The first-order valence-electron chi connectivity index (χ1n) is 6.53. The minimum atomic E-state index is 0.230. The maximum atomic E-state index is 9.76. The van der Waals surface area contributed by atoms with E-state index in [1.54, 1.807) is 32.4 Å². The number of nitrogens with one attached hydrogen (secondary N) is 1. The predicted molar refractivity (Wildman–Crippen MR) is 83.2 cm³/mol. The highest BCUT2D eigenvalue weighted by atomic mass is 35.5. The molecule has 112 valence electrons. The summed E-state index contributed by atoms with van der Waals surface area (Å²) in [6.45, 7) is 1.13. The lowest BCUT2D eigenvalue weighted by molar-refractivity contribution is 0.389. The van der Waals surface area contributed by atoms with Crippen LogP contribution in [0.4, 0.5) is 0 Å². The molecule has 0 atom stereocenters. The van der Waals surface area contributed by atoms with Gasteiger partial charge in [-0.15, -0.1) is 0 Å². The minimum Gasteiger partial charge on any atom is -0.508 e. The lowest BCUT2D eigenvalue weighted by Gasteiger charge is -2.12. The molecule has 0 fully saturated rings. The number of hydrogen-bond donors (Lipinski definition) is 2. The van der Waals surface area contributed by atoms with E-state index in [1.165, 1.54) is 0 Å². The Morgan fingerprint density at radius 2 is 1.76 bits per heavy atom. The van der Waals surface area contributed by atoms with Gasteiger partial charge in [0, 0.05) is 35.3 Å². The van der Waals surface area contributed by atoms with Crippen molar-refractivity contribution in [3.05, 3.63) is 52.5 Å². The molecule has 0 aromatic heterocycles. The van der Waals surface area contributed by atoms with Gasteiger partial charge in [-0.25, -0.2) is 0 Å². The van der Waals surface area contributed by atoms with Gasteiger partial charge in [0.25, 0.3) is 0 Å². The van der Waals surface area contributed by atoms with Crippen LogP contribution in [0.2, 0.25) is 5.02 Å². The molecule has 2 rings (SSSR count). The Bertz CT molecular complexity index is 616. The Morgan fingerprint density at radius 1 is 1.00 bits per heavy atom. The summed E-state index contributed by atoms with van der Waals surface area (Å²) < 4.78 is 10.5. The lowest BCUT2D eigenvalue weighted by atomic mass is 10.1. The molecule has 2 aromatic carbocycles. The van der Waals surface area contributed by atoms with Crippen molar-refractivity contribution >= 4 is 11.6 Å². The van der Waals surface area contributed by atoms with E-state index in [-0.39, 0.29) is 5.75 Å². The smallest absolute Gasteiger partial charge is 0.127 e. The highest BCUT2D eigenvalue weighted by molar-refractivity contribution is 6.30. The van der Waals surface area contributed by atoms with Crippen molar-refractivity contribution in [3.8, 4) is 17.2 Å². The molecule has 5 heteroatoms. The average molecular weight is 308 g/mol. The van der Waals surface area contributed by atoms with Crippen molar-refractivity contribution in [1.82, 2.24) is 5.32 Å². The van der Waals surface area contributed by atoms with Crippen LogP contribution in [-0.4, -0.2) is 19.3 Å². The molecule has 2 N–H and O–H groups in total. The summed E-state index contributed by atoms with van der Waals surface area (Å²) in [6.07, 6.45) is 0. The fourth-order valence-corrected chi connectivity index (χ4v) is 2.22. The number of aromatic hydroxyl groups is 1. The normalized spacial score (nSPS) is 10.4. The molecule has 4 nitrogen and oxygen atoms in total. The quantitative estimate of drug-likeness (QED) is 0.859. The lowest BCUT2D eigenvalue weighted by Crippen LogP contribution is -2.13. The monoisotopic (exact) mass is 307 g/mol. The molecule has 0 aliphatic rings. The van der Waals surface area contributed by atoms with Gasteiger partial charge in [-0.3, -0.25) is 0 Å². The summed E-state index contributed by atoms with van der Waals surface area (Å²) in [7, 11) is 3.25. The molecular formula is C16H18ClNO3. The zero-order valence-electron chi connectivity index (χ0n) is 12.0. The van der Waals surface area contributed by atoms with E-state index in [4.69, 9.17) is 21.1 Å². The molecule has 21 heavy (non-hydrogen) atoms. The number of phenolic OH excluding ortho intramolecular Hbond substituents is 1. The second-order valence-corrected chi connectivity index (χ2v) is 4.99. The van der Waals surface area contributed by atoms with Crippen LogP contribution < -0.4 is 14.8 Å². The second-order valence-electron chi connectivity index (χ2n) is 4.55. The van der Waals surface area contributed by atoms with Gasteiger partial charge in [-0.1, -0.05) is 17.7 Å². The van der Waals surface area contributed by atoms with Crippen LogP contribution in [0.15, 0.2) is 36.4 Å². The summed E-state index contributed by atoms with van der Waals surface area (Å²) in [5.74, 6) is 1.74. The average Bonchev–Trinajstić information content (AvgIpc) is 2.50. The molecule has 0 heterocycles. The van der Waals surface area contributed by atoms with E-state index >= 15 is 0 Å². The van der Waals surface area contributed by atoms with Crippen molar-refractivity contribution in [2.45, 2.75) is 13.1 Å². The molecule has 0 aliphatic carbocycles. The van der Waals surface area contributed by atoms with E-state index in [0.29, 0.717) is 18.1 Å². The molecule has 0 amide bonds. The first-order valence-corrected chi connectivity index (χ1v) is 6.91. The third-order valence-corrected chi connectivity index (χ3v) is 3.40. The Kier molecular flexibility index (Phi) is 5.31. The highest BCUT2D eigenvalue weighted by Crippen LogP contribution is 2.25. The molecule has 0 radical (unpaired) electrons. The summed E-state index contributed by atoms with van der Waals surface area (Å²) >= 11 is 5.92. The van der Waals surface area contributed by atoms with Gasteiger partial charge in [0.15, 0.2) is 0 Å². The summed E-state index contributed by atoms with van der Waals surface area (Å²) in [6, 6.07) is 10.7. The maximum absolute atomic E-state index is 9.76.